The van der Waals surface area contributed by atoms with Crippen molar-refractivity contribution in [1.82, 2.24) is 0 Å². The van der Waals surface area contributed by atoms with Crippen molar-refractivity contribution in [2.24, 2.45) is 0 Å². The third-order valence-electron chi connectivity index (χ3n) is 3.29. The van der Waals surface area contributed by atoms with Gasteiger partial charge in [0, 0.05) is 21.5 Å². The van der Waals surface area contributed by atoms with E-state index in [-0.39, 0.29) is 16.1 Å². The van der Waals surface area contributed by atoms with Crippen molar-refractivity contribution in [1.29, 1.82) is 0 Å². The Morgan fingerprint density at radius 2 is 1.76 bits per heavy atom. The Morgan fingerprint density at radius 3 is 2.48 bits per heavy atom. The van der Waals surface area contributed by atoms with Gasteiger partial charge in [-0.3, -0.25) is 9.52 Å². The Bertz CT molecular complexity index is 1000. The molecule has 2 aromatic carbocycles. The number of rotatable bonds is 5. The molecule has 0 aliphatic rings. The minimum atomic E-state index is -3.76. The molecule has 3 rings (SSSR count). The summed E-state index contributed by atoms with van der Waals surface area (Å²) < 4.78 is 27.3. The molecule has 128 valence electrons. The van der Waals surface area contributed by atoms with E-state index in [1.165, 1.54) is 23.5 Å². The van der Waals surface area contributed by atoms with E-state index in [0.717, 1.165) is 0 Å². The molecule has 0 unspecified atom stereocenters. The molecule has 1 amide bonds. The van der Waals surface area contributed by atoms with Crippen LogP contribution in [0.2, 0.25) is 5.02 Å². The number of carbonyl (C=O) groups excluding carboxylic acids is 1. The molecular weight excluding hydrogens is 380 g/mol. The molecule has 0 aliphatic heterocycles. The summed E-state index contributed by atoms with van der Waals surface area (Å²) in [7, 11) is -3.76. The average molecular weight is 393 g/mol. The lowest BCUT2D eigenvalue weighted by Crippen LogP contribution is -2.17. The molecular formula is C17H13ClN2O3S2. The Labute approximate surface area is 154 Å². The predicted octanol–water partition coefficient (Wildman–Crippen LogP) is 4.45. The normalized spacial score (nSPS) is 11.1. The molecule has 0 saturated heterocycles. The predicted molar refractivity (Wildman–Crippen MR) is 101 cm³/mol. The first kappa shape index (κ1) is 17.5. The van der Waals surface area contributed by atoms with E-state index in [2.05, 4.69) is 10.0 Å². The zero-order valence-corrected chi connectivity index (χ0v) is 15.2. The topological polar surface area (TPSA) is 75.3 Å². The van der Waals surface area contributed by atoms with E-state index in [9.17, 15) is 13.2 Å². The van der Waals surface area contributed by atoms with Gasteiger partial charge >= 0.3 is 0 Å². The van der Waals surface area contributed by atoms with Crippen LogP contribution in [0, 0.1) is 0 Å². The Kier molecular flexibility index (Phi) is 5.08. The number of halogens is 1. The molecule has 0 radical (unpaired) electrons. The minimum Gasteiger partial charge on any atom is -0.322 e. The van der Waals surface area contributed by atoms with Gasteiger partial charge in [0.1, 0.15) is 0 Å². The van der Waals surface area contributed by atoms with Crippen molar-refractivity contribution in [3.05, 3.63) is 75.9 Å². The van der Waals surface area contributed by atoms with Gasteiger partial charge in [-0.05, 0) is 30.3 Å². The molecule has 2 N–H and O–H groups in total. The second kappa shape index (κ2) is 7.26. The summed E-state index contributed by atoms with van der Waals surface area (Å²) in [6, 6.07) is 14.7. The van der Waals surface area contributed by atoms with Crippen molar-refractivity contribution in [2.75, 3.05) is 10.0 Å². The minimum absolute atomic E-state index is 0.127. The highest BCUT2D eigenvalue weighted by Gasteiger charge is 2.19. The first-order valence-electron chi connectivity index (χ1n) is 7.17. The monoisotopic (exact) mass is 392 g/mol. The van der Waals surface area contributed by atoms with Crippen LogP contribution in [0.1, 0.15) is 10.4 Å². The quantitative estimate of drug-likeness (QED) is 0.673. The first-order chi connectivity index (χ1) is 12.0. The van der Waals surface area contributed by atoms with Crippen LogP contribution >= 0.6 is 22.9 Å². The largest absolute Gasteiger partial charge is 0.322 e. The Balaban J connectivity index is 1.82. The van der Waals surface area contributed by atoms with E-state index in [1.807, 2.05) is 0 Å². The number of sulfonamides is 1. The van der Waals surface area contributed by atoms with Crippen LogP contribution in [0.15, 0.2) is 70.3 Å². The van der Waals surface area contributed by atoms with Crippen LogP contribution < -0.4 is 10.0 Å². The summed E-state index contributed by atoms with van der Waals surface area (Å²) in [5.41, 5.74) is 0.999. The lowest BCUT2D eigenvalue weighted by molar-refractivity contribution is 0.102. The summed E-state index contributed by atoms with van der Waals surface area (Å²) in [6.07, 6.45) is 0. The van der Waals surface area contributed by atoms with E-state index < -0.39 is 15.9 Å². The van der Waals surface area contributed by atoms with Gasteiger partial charge in [-0.1, -0.05) is 35.9 Å². The van der Waals surface area contributed by atoms with Gasteiger partial charge in [-0.25, -0.2) is 8.42 Å². The fraction of sp³-hybridized carbons (Fsp3) is 0. The molecule has 1 heterocycles. The SMILES string of the molecule is O=C(Nc1cccc(Cl)c1)c1cscc1NS(=O)(=O)c1ccccc1. The molecule has 0 atom stereocenters. The maximum atomic E-state index is 12.4. The molecule has 25 heavy (non-hydrogen) atoms. The second-order valence-corrected chi connectivity index (χ2v) is 7.94. The molecule has 0 fully saturated rings. The van der Waals surface area contributed by atoms with Crippen LogP contribution in [0.25, 0.3) is 0 Å². The van der Waals surface area contributed by atoms with Gasteiger partial charge in [-0.2, -0.15) is 0 Å². The molecule has 1 aromatic heterocycles. The van der Waals surface area contributed by atoms with Gasteiger partial charge in [0.2, 0.25) is 0 Å². The van der Waals surface area contributed by atoms with Crippen molar-refractivity contribution in [2.45, 2.75) is 4.90 Å². The number of hydrogen-bond donors (Lipinski definition) is 2. The molecule has 0 bridgehead atoms. The third-order valence-corrected chi connectivity index (χ3v) is 5.65. The highest BCUT2D eigenvalue weighted by molar-refractivity contribution is 7.92. The summed E-state index contributed by atoms with van der Waals surface area (Å²) in [4.78, 5) is 12.6. The van der Waals surface area contributed by atoms with Crippen molar-refractivity contribution in [3.63, 3.8) is 0 Å². The Hall–Kier alpha value is -2.35. The van der Waals surface area contributed by atoms with Gasteiger partial charge in [0.05, 0.1) is 16.1 Å². The number of thiophene rings is 1. The number of hydrogen-bond acceptors (Lipinski definition) is 4. The van der Waals surface area contributed by atoms with Crippen LogP contribution in [0.4, 0.5) is 11.4 Å². The third kappa shape index (κ3) is 4.19. The standard InChI is InChI=1S/C17H13ClN2O3S2/c18-12-5-4-6-13(9-12)19-17(21)15-10-24-11-16(15)20-25(22,23)14-7-2-1-3-8-14/h1-11,20H,(H,19,21). The van der Waals surface area contributed by atoms with Crippen LogP contribution in [0.3, 0.4) is 0 Å². The number of amides is 1. The first-order valence-corrected chi connectivity index (χ1v) is 9.97. The summed E-state index contributed by atoms with van der Waals surface area (Å²) >= 11 is 7.13. The number of benzene rings is 2. The fourth-order valence-electron chi connectivity index (χ4n) is 2.12. The number of nitrogens with one attached hydrogen (secondary N) is 2. The van der Waals surface area contributed by atoms with E-state index >= 15 is 0 Å². The molecule has 0 saturated carbocycles. The zero-order chi connectivity index (χ0) is 17.9. The van der Waals surface area contributed by atoms with Gasteiger partial charge in [0.25, 0.3) is 15.9 Å². The highest BCUT2D eigenvalue weighted by atomic mass is 35.5. The molecule has 0 aliphatic carbocycles. The molecule has 0 spiro atoms. The van der Waals surface area contributed by atoms with Gasteiger partial charge in [0.15, 0.2) is 0 Å². The summed E-state index contributed by atoms with van der Waals surface area (Å²) in [6.45, 7) is 0. The van der Waals surface area contributed by atoms with E-state index in [4.69, 9.17) is 11.6 Å². The average Bonchev–Trinajstić information content (AvgIpc) is 3.03. The highest BCUT2D eigenvalue weighted by Crippen LogP contribution is 2.25. The summed E-state index contributed by atoms with van der Waals surface area (Å²) in [5, 5.41) is 6.36. The van der Waals surface area contributed by atoms with E-state index in [0.29, 0.717) is 10.7 Å². The van der Waals surface area contributed by atoms with E-state index in [1.54, 1.807) is 53.2 Å². The molecule has 8 heteroatoms. The zero-order valence-electron chi connectivity index (χ0n) is 12.8. The molecule has 5 nitrogen and oxygen atoms in total. The number of carbonyl (C=O) groups is 1. The van der Waals surface area contributed by atoms with Crippen LogP contribution in [0.5, 0.6) is 0 Å². The molecule has 3 aromatic rings. The van der Waals surface area contributed by atoms with Gasteiger partial charge < -0.3 is 5.32 Å². The Morgan fingerprint density at radius 1 is 1.00 bits per heavy atom. The lowest BCUT2D eigenvalue weighted by Gasteiger charge is -2.10. The smallest absolute Gasteiger partial charge is 0.261 e. The van der Waals surface area contributed by atoms with Crippen LogP contribution in [-0.2, 0) is 10.0 Å². The number of anilines is 2. The maximum absolute atomic E-state index is 12.4. The maximum Gasteiger partial charge on any atom is 0.261 e. The van der Waals surface area contributed by atoms with Crippen molar-refractivity contribution < 1.29 is 13.2 Å². The fourth-order valence-corrected chi connectivity index (χ4v) is 4.24. The van der Waals surface area contributed by atoms with Crippen molar-refractivity contribution in [3.8, 4) is 0 Å². The van der Waals surface area contributed by atoms with Crippen molar-refractivity contribution >= 4 is 50.2 Å². The van der Waals surface area contributed by atoms with Gasteiger partial charge in [-0.15, -0.1) is 11.3 Å². The summed E-state index contributed by atoms with van der Waals surface area (Å²) in [5.74, 6) is -0.422. The second-order valence-electron chi connectivity index (χ2n) is 5.08. The van der Waals surface area contributed by atoms with Crippen LogP contribution in [-0.4, -0.2) is 14.3 Å². The lowest BCUT2D eigenvalue weighted by atomic mass is 10.2.